The zero-order valence-electron chi connectivity index (χ0n) is 15.6. The highest BCUT2D eigenvalue weighted by Crippen LogP contribution is 2.31. The molecular formula is C22H22N2O2S. The Labute approximate surface area is 163 Å². The van der Waals surface area contributed by atoms with Crippen molar-refractivity contribution in [2.75, 3.05) is 24.3 Å². The van der Waals surface area contributed by atoms with Crippen LogP contribution in [-0.4, -0.2) is 30.3 Å². The van der Waals surface area contributed by atoms with Crippen molar-refractivity contribution in [1.82, 2.24) is 4.98 Å². The molecule has 0 fully saturated rings. The van der Waals surface area contributed by atoms with E-state index in [1.54, 1.807) is 7.11 Å². The summed E-state index contributed by atoms with van der Waals surface area (Å²) in [5, 5.41) is 2.05. The third kappa shape index (κ3) is 3.65. The van der Waals surface area contributed by atoms with Gasteiger partial charge in [-0.1, -0.05) is 30.0 Å². The van der Waals surface area contributed by atoms with Crippen molar-refractivity contribution in [3.8, 4) is 5.75 Å². The van der Waals surface area contributed by atoms with Gasteiger partial charge in [-0.05, 0) is 61.2 Å². The average Bonchev–Trinajstić information content (AvgIpc) is 2.71. The van der Waals surface area contributed by atoms with Gasteiger partial charge in [0.2, 0.25) is 5.91 Å². The van der Waals surface area contributed by atoms with E-state index in [4.69, 9.17) is 9.72 Å². The first-order valence-corrected chi connectivity index (χ1v) is 10.1. The van der Waals surface area contributed by atoms with Gasteiger partial charge in [0.15, 0.2) is 0 Å². The summed E-state index contributed by atoms with van der Waals surface area (Å²) in [6, 6.07) is 16.1. The van der Waals surface area contributed by atoms with Crippen LogP contribution in [0.15, 0.2) is 53.6 Å². The molecule has 0 saturated carbocycles. The van der Waals surface area contributed by atoms with E-state index in [-0.39, 0.29) is 5.91 Å². The molecule has 0 unspecified atom stereocenters. The Hall–Kier alpha value is -2.53. The van der Waals surface area contributed by atoms with E-state index in [0.29, 0.717) is 5.75 Å². The maximum Gasteiger partial charge on any atom is 0.237 e. The van der Waals surface area contributed by atoms with E-state index in [2.05, 4.69) is 19.1 Å². The number of rotatable bonds is 4. The highest BCUT2D eigenvalue weighted by Gasteiger charge is 2.23. The number of thioether (sulfide) groups is 1. The molecule has 2 heterocycles. The van der Waals surface area contributed by atoms with Gasteiger partial charge in [-0.25, -0.2) is 4.98 Å². The van der Waals surface area contributed by atoms with Gasteiger partial charge in [0.05, 0.1) is 23.4 Å². The summed E-state index contributed by atoms with van der Waals surface area (Å²) in [5.74, 6) is 1.35. The molecular weight excluding hydrogens is 356 g/mol. The molecule has 0 atom stereocenters. The number of hydrogen-bond donors (Lipinski definition) is 0. The first kappa shape index (κ1) is 17.9. The minimum absolute atomic E-state index is 0.124. The van der Waals surface area contributed by atoms with Crippen LogP contribution in [-0.2, 0) is 11.2 Å². The summed E-state index contributed by atoms with van der Waals surface area (Å²) >= 11 is 1.51. The molecule has 1 amide bonds. The van der Waals surface area contributed by atoms with Gasteiger partial charge >= 0.3 is 0 Å². The smallest absolute Gasteiger partial charge is 0.237 e. The molecule has 0 bridgehead atoms. The molecule has 4 rings (SSSR count). The number of nitrogens with zero attached hydrogens (tertiary/aromatic N) is 2. The van der Waals surface area contributed by atoms with Gasteiger partial charge in [0.1, 0.15) is 5.75 Å². The lowest BCUT2D eigenvalue weighted by atomic mass is 10.0. The SMILES string of the molecule is COc1ccc2c(c1)CCCN2C(=O)CSc1cc(C)c2ccccc2n1. The lowest BCUT2D eigenvalue weighted by Gasteiger charge is -2.29. The lowest BCUT2D eigenvalue weighted by molar-refractivity contribution is -0.116. The van der Waals surface area contributed by atoms with Crippen LogP contribution in [0.1, 0.15) is 17.5 Å². The number of aromatic nitrogens is 1. The summed E-state index contributed by atoms with van der Waals surface area (Å²) < 4.78 is 5.31. The Morgan fingerprint density at radius 3 is 2.93 bits per heavy atom. The van der Waals surface area contributed by atoms with Crippen LogP contribution in [0.25, 0.3) is 10.9 Å². The number of carbonyl (C=O) groups excluding carboxylic acids is 1. The van der Waals surface area contributed by atoms with Crippen LogP contribution in [0.2, 0.25) is 0 Å². The Morgan fingerprint density at radius 2 is 2.07 bits per heavy atom. The van der Waals surface area contributed by atoms with Gasteiger partial charge in [0.25, 0.3) is 0 Å². The molecule has 1 aromatic heterocycles. The van der Waals surface area contributed by atoms with Gasteiger partial charge in [-0.2, -0.15) is 0 Å². The molecule has 0 spiro atoms. The summed E-state index contributed by atoms with van der Waals surface area (Å²) in [4.78, 5) is 19.5. The number of aryl methyl sites for hydroxylation is 2. The minimum Gasteiger partial charge on any atom is -0.497 e. The topological polar surface area (TPSA) is 42.4 Å². The number of hydrogen-bond acceptors (Lipinski definition) is 4. The van der Waals surface area contributed by atoms with E-state index < -0.39 is 0 Å². The molecule has 0 aliphatic carbocycles. The summed E-state index contributed by atoms with van der Waals surface area (Å²) in [6.07, 6.45) is 1.96. The molecule has 0 saturated heterocycles. The summed E-state index contributed by atoms with van der Waals surface area (Å²) in [7, 11) is 1.67. The van der Waals surface area contributed by atoms with Crippen LogP contribution in [0.4, 0.5) is 5.69 Å². The molecule has 3 aromatic rings. The number of carbonyl (C=O) groups is 1. The Morgan fingerprint density at radius 1 is 1.22 bits per heavy atom. The van der Waals surface area contributed by atoms with Crippen molar-refractivity contribution in [3.05, 3.63) is 59.7 Å². The third-order valence-corrected chi connectivity index (χ3v) is 5.85. The second-order valence-electron chi connectivity index (χ2n) is 6.73. The fraction of sp³-hybridized carbons (Fsp3) is 0.273. The monoisotopic (exact) mass is 378 g/mol. The number of methoxy groups -OCH3 is 1. The van der Waals surface area contributed by atoms with E-state index >= 15 is 0 Å². The molecule has 138 valence electrons. The van der Waals surface area contributed by atoms with Crippen molar-refractivity contribution in [3.63, 3.8) is 0 Å². The highest BCUT2D eigenvalue weighted by molar-refractivity contribution is 7.99. The second kappa shape index (κ2) is 7.61. The average molecular weight is 378 g/mol. The first-order valence-electron chi connectivity index (χ1n) is 9.12. The first-order chi connectivity index (χ1) is 13.2. The van der Waals surface area contributed by atoms with E-state index in [1.807, 2.05) is 41.3 Å². The predicted molar refractivity (Wildman–Crippen MR) is 111 cm³/mol. The molecule has 27 heavy (non-hydrogen) atoms. The second-order valence-corrected chi connectivity index (χ2v) is 7.72. The van der Waals surface area contributed by atoms with Crippen molar-refractivity contribution in [2.24, 2.45) is 0 Å². The number of anilines is 1. The summed E-state index contributed by atoms with van der Waals surface area (Å²) in [5.41, 5.74) is 4.35. The predicted octanol–water partition coefficient (Wildman–Crippen LogP) is 4.62. The van der Waals surface area contributed by atoms with Crippen LogP contribution >= 0.6 is 11.8 Å². The van der Waals surface area contributed by atoms with E-state index in [1.165, 1.54) is 22.9 Å². The molecule has 4 nitrogen and oxygen atoms in total. The lowest BCUT2D eigenvalue weighted by Crippen LogP contribution is -2.36. The molecule has 5 heteroatoms. The fourth-order valence-electron chi connectivity index (χ4n) is 3.57. The van der Waals surface area contributed by atoms with Crippen LogP contribution < -0.4 is 9.64 Å². The Kier molecular flexibility index (Phi) is 5.03. The van der Waals surface area contributed by atoms with Crippen LogP contribution in [0, 0.1) is 6.92 Å². The van der Waals surface area contributed by atoms with Crippen LogP contribution in [0.5, 0.6) is 5.75 Å². The zero-order chi connectivity index (χ0) is 18.8. The molecule has 1 aliphatic rings. The highest BCUT2D eigenvalue weighted by atomic mass is 32.2. The van der Waals surface area contributed by atoms with Gasteiger partial charge in [0, 0.05) is 17.6 Å². The quantitative estimate of drug-likeness (QED) is 0.621. The largest absolute Gasteiger partial charge is 0.497 e. The number of pyridine rings is 1. The molecule has 0 N–H and O–H groups in total. The Bertz CT molecular complexity index is 1000. The minimum atomic E-state index is 0.124. The maximum atomic E-state index is 12.9. The van der Waals surface area contributed by atoms with E-state index in [9.17, 15) is 4.79 Å². The van der Waals surface area contributed by atoms with Gasteiger partial charge < -0.3 is 9.64 Å². The van der Waals surface area contributed by atoms with Gasteiger partial charge in [-0.15, -0.1) is 0 Å². The van der Waals surface area contributed by atoms with Crippen molar-refractivity contribution in [1.29, 1.82) is 0 Å². The van der Waals surface area contributed by atoms with Crippen molar-refractivity contribution in [2.45, 2.75) is 24.8 Å². The van der Waals surface area contributed by atoms with Gasteiger partial charge in [-0.3, -0.25) is 4.79 Å². The molecule has 2 aromatic carbocycles. The standard InChI is InChI=1S/C22H22N2O2S/c1-15-12-21(23-19-8-4-3-7-18(15)19)27-14-22(25)24-11-5-6-16-13-17(26-2)9-10-20(16)24/h3-4,7-10,12-13H,5-6,11,14H2,1-2H3. The number of ether oxygens (including phenoxy) is 1. The van der Waals surface area contributed by atoms with E-state index in [0.717, 1.165) is 46.8 Å². The number of amides is 1. The zero-order valence-corrected chi connectivity index (χ0v) is 16.4. The number of benzene rings is 2. The third-order valence-electron chi connectivity index (χ3n) is 4.95. The van der Waals surface area contributed by atoms with Crippen molar-refractivity contribution < 1.29 is 9.53 Å². The molecule has 0 radical (unpaired) electrons. The normalized spacial score (nSPS) is 13.5. The maximum absolute atomic E-state index is 12.9. The van der Waals surface area contributed by atoms with Crippen molar-refractivity contribution >= 4 is 34.3 Å². The Balaban J connectivity index is 1.51. The van der Waals surface area contributed by atoms with Crippen LogP contribution in [0.3, 0.4) is 0 Å². The molecule has 1 aliphatic heterocycles. The fourth-order valence-corrected chi connectivity index (χ4v) is 4.42. The number of fused-ring (bicyclic) bond motifs is 2. The summed E-state index contributed by atoms with van der Waals surface area (Å²) in [6.45, 7) is 2.85. The number of para-hydroxylation sites is 1.